The first kappa shape index (κ1) is 17.0. The van der Waals surface area contributed by atoms with Crippen molar-refractivity contribution in [2.45, 2.75) is 0 Å². The topological polar surface area (TPSA) is 52.6 Å². The standard InChI is InChI=1S/C18H15BrO4/c1-2-17(20)23-12-11-22-16-6-4-3-5-15(16)18(21)13-7-9-14(19)10-8-13/h2-10H,1,11-12H2. The number of ether oxygens (including phenoxy) is 2. The highest BCUT2D eigenvalue weighted by atomic mass is 79.9. The molecule has 0 radical (unpaired) electrons. The molecule has 0 N–H and O–H groups in total. The molecule has 0 amide bonds. The zero-order valence-corrected chi connectivity index (χ0v) is 13.9. The van der Waals surface area contributed by atoms with Gasteiger partial charge < -0.3 is 9.47 Å². The van der Waals surface area contributed by atoms with E-state index in [2.05, 4.69) is 22.5 Å². The molecule has 118 valence electrons. The van der Waals surface area contributed by atoms with Crippen LogP contribution >= 0.6 is 15.9 Å². The van der Waals surface area contributed by atoms with Gasteiger partial charge in [0, 0.05) is 16.1 Å². The predicted molar refractivity (Wildman–Crippen MR) is 90.7 cm³/mol. The van der Waals surface area contributed by atoms with Crippen LogP contribution < -0.4 is 4.74 Å². The molecule has 2 aromatic carbocycles. The van der Waals surface area contributed by atoms with E-state index in [-0.39, 0.29) is 19.0 Å². The maximum absolute atomic E-state index is 12.6. The Morgan fingerprint density at radius 1 is 1.04 bits per heavy atom. The Balaban J connectivity index is 2.07. The minimum atomic E-state index is -0.507. The Hall–Kier alpha value is -2.40. The van der Waals surface area contributed by atoms with Crippen molar-refractivity contribution in [2.75, 3.05) is 13.2 Å². The molecular weight excluding hydrogens is 360 g/mol. The van der Waals surface area contributed by atoms with Gasteiger partial charge >= 0.3 is 5.97 Å². The summed E-state index contributed by atoms with van der Waals surface area (Å²) in [4.78, 5) is 23.5. The van der Waals surface area contributed by atoms with Gasteiger partial charge in [0.25, 0.3) is 0 Å². The zero-order chi connectivity index (χ0) is 16.7. The van der Waals surface area contributed by atoms with E-state index < -0.39 is 5.97 Å². The number of hydrogen-bond acceptors (Lipinski definition) is 4. The summed E-state index contributed by atoms with van der Waals surface area (Å²) < 4.78 is 11.3. The van der Waals surface area contributed by atoms with Gasteiger partial charge in [-0.05, 0) is 36.4 Å². The number of para-hydroxylation sites is 1. The third-order valence-corrected chi connectivity index (χ3v) is 3.52. The number of rotatable bonds is 7. The second kappa shape index (κ2) is 8.29. The number of esters is 1. The molecule has 0 unspecified atom stereocenters. The molecule has 0 aromatic heterocycles. The van der Waals surface area contributed by atoms with Crippen LogP contribution in [0.2, 0.25) is 0 Å². The summed E-state index contributed by atoms with van der Waals surface area (Å²) in [6, 6.07) is 14.1. The summed E-state index contributed by atoms with van der Waals surface area (Å²) in [6.07, 6.45) is 1.09. The van der Waals surface area contributed by atoms with Crippen LogP contribution in [-0.4, -0.2) is 25.0 Å². The van der Waals surface area contributed by atoms with Crippen molar-refractivity contribution < 1.29 is 19.1 Å². The van der Waals surface area contributed by atoms with Crippen molar-refractivity contribution in [3.05, 3.63) is 76.8 Å². The fraction of sp³-hybridized carbons (Fsp3) is 0.111. The second-order valence-electron chi connectivity index (χ2n) is 4.55. The highest BCUT2D eigenvalue weighted by Crippen LogP contribution is 2.22. The molecule has 0 aliphatic rings. The van der Waals surface area contributed by atoms with E-state index in [0.717, 1.165) is 10.5 Å². The number of benzene rings is 2. The molecule has 5 heteroatoms. The van der Waals surface area contributed by atoms with E-state index in [1.54, 1.807) is 36.4 Å². The minimum Gasteiger partial charge on any atom is -0.489 e. The van der Waals surface area contributed by atoms with Gasteiger partial charge in [0.2, 0.25) is 0 Å². The van der Waals surface area contributed by atoms with E-state index in [0.29, 0.717) is 16.9 Å². The molecule has 0 aliphatic heterocycles. The van der Waals surface area contributed by atoms with Crippen LogP contribution in [0, 0.1) is 0 Å². The summed E-state index contributed by atoms with van der Waals surface area (Å²) in [7, 11) is 0. The van der Waals surface area contributed by atoms with Crippen LogP contribution in [0.4, 0.5) is 0 Å². The van der Waals surface area contributed by atoms with Gasteiger partial charge in [-0.25, -0.2) is 4.79 Å². The van der Waals surface area contributed by atoms with E-state index in [4.69, 9.17) is 9.47 Å². The number of halogens is 1. The van der Waals surface area contributed by atoms with Crippen LogP contribution in [0.25, 0.3) is 0 Å². The molecule has 0 aliphatic carbocycles. The summed E-state index contributed by atoms with van der Waals surface area (Å²) in [5.41, 5.74) is 1.03. The Kier molecular flexibility index (Phi) is 6.11. The van der Waals surface area contributed by atoms with E-state index in [9.17, 15) is 9.59 Å². The summed E-state index contributed by atoms with van der Waals surface area (Å²) in [5.74, 6) is -0.181. The van der Waals surface area contributed by atoms with Crippen LogP contribution in [-0.2, 0) is 9.53 Å². The quantitative estimate of drug-likeness (QED) is 0.320. The fourth-order valence-electron chi connectivity index (χ4n) is 1.89. The van der Waals surface area contributed by atoms with Crippen molar-refractivity contribution in [3.63, 3.8) is 0 Å². The molecule has 0 heterocycles. The van der Waals surface area contributed by atoms with Gasteiger partial charge in [-0.15, -0.1) is 0 Å². The van der Waals surface area contributed by atoms with Gasteiger partial charge in [-0.2, -0.15) is 0 Å². The predicted octanol–water partition coefficient (Wildman–Crippen LogP) is 3.79. The largest absolute Gasteiger partial charge is 0.489 e. The minimum absolute atomic E-state index is 0.0890. The van der Waals surface area contributed by atoms with Crippen LogP contribution in [0.3, 0.4) is 0 Å². The monoisotopic (exact) mass is 374 g/mol. The molecule has 23 heavy (non-hydrogen) atoms. The SMILES string of the molecule is C=CC(=O)OCCOc1ccccc1C(=O)c1ccc(Br)cc1. The van der Waals surface area contributed by atoms with Gasteiger partial charge in [0.15, 0.2) is 5.78 Å². The molecule has 0 saturated heterocycles. The molecule has 2 rings (SSSR count). The van der Waals surface area contributed by atoms with Gasteiger partial charge in [0.05, 0.1) is 5.56 Å². The number of carbonyl (C=O) groups is 2. The maximum atomic E-state index is 12.6. The second-order valence-corrected chi connectivity index (χ2v) is 5.47. The molecule has 0 spiro atoms. The fourth-order valence-corrected chi connectivity index (χ4v) is 2.15. The van der Waals surface area contributed by atoms with Gasteiger partial charge in [0.1, 0.15) is 19.0 Å². The molecule has 0 bridgehead atoms. The summed E-state index contributed by atoms with van der Waals surface area (Å²) in [6.45, 7) is 3.56. The van der Waals surface area contributed by atoms with Crippen LogP contribution in [0.15, 0.2) is 65.7 Å². The number of hydrogen-bond donors (Lipinski definition) is 0. The Morgan fingerprint density at radius 2 is 1.74 bits per heavy atom. The highest BCUT2D eigenvalue weighted by molar-refractivity contribution is 9.10. The molecule has 0 fully saturated rings. The summed E-state index contributed by atoms with van der Waals surface area (Å²) >= 11 is 3.34. The van der Waals surface area contributed by atoms with E-state index >= 15 is 0 Å². The van der Waals surface area contributed by atoms with E-state index in [1.807, 2.05) is 12.1 Å². The Bertz CT molecular complexity index is 707. The Morgan fingerprint density at radius 3 is 2.43 bits per heavy atom. The third-order valence-electron chi connectivity index (χ3n) is 2.99. The lowest BCUT2D eigenvalue weighted by atomic mass is 10.0. The van der Waals surface area contributed by atoms with Crippen molar-refractivity contribution in [2.24, 2.45) is 0 Å². The van der Waals surface area contributed by atoms with Gasteiger partial charge in [-0.3, -0.25) is 4.79 Å². The van der Waals surface area contributed by atoms with Crippen LogP contribution in [0.5, 0.6) is 5.75 Å². The summed E-state index contributed by atoms with van der Waals surface area (Å²) in [5, 5.41) is 0. The normalized spacial score (nSPS) is 9.96. The average molecular weight is 375 g/mol. The number of carbonyl (C=O) groups excluding carboxylic acids is 2. The Labute approximate surface area is 142 Å². The van der Waals surface area contributed by atoms with Crippen molar-refractivity contribution in [1.29, 1.82) is 0 Å². The average Bonchev–Trinajstić information content (AvgIpc) is 2.59. The number of ketones is 1. The zero-order valence-electron chi connectivity index (χ0n) is 12.3. The van der Waals surface area contributed by atoms with Crippen LogP contribution in [0.1, 0.15) is 15.9 Å². The van der Waals surface area contributed by atoms with Gasteiger partial charge in [-0.1, -0.05) is 34.6 Å². The lowest BCUT2D eigenvalue weighted by molar-refractivity contribution is -0.138. The highest BCUT2D eigenvalue weighted by Gasteiger charge is 2.14. The smallest absolute Gasteiger partial charge is 0.330 e. The van der Waals surface area contributed by atoms with Crippen molar-refractivity contribution >= 4 is 27.7 Å². The first-order valence-electron chi connectivity index (χ1n) is 6.93. The van der Waals surface area contributed by atoms with E-state index in [1.165, 1.54) is 0 Å². The first-order valence-corrected chi connectivity index (χ1v) is 7.72. The lowest BCUT2D eigenvalue weighted by Gasteiger charge is -2.11. The van der Waals surface area contributed by atoms with Crippen molar-refractivity contribution in [1.82, 2.24) is 0 Å². The molecule has 0 saturated carbocycles. The molecule has 2 aromatic rings. The molecule has 4 nitrogen and oxygen atoms in total. The maximum Gasteiger partial charge on any atom is 0.330 e. The van der Waals surface area contributed by atoms with Crippen molar-refractivity contribution in [3.8, 4) is 5.75 Å². The third kappa shape index (κ3) is 4.79. The molecule has 0 atom stereocenters. The lowest BCUT2D eigenvalue weighted by Crippen LogP contribution is -2.12. The first-order chi connectivity index (χ1) is 11.1. The molecular formula is C18H15BrO4.